The Bertz CT molecular complexity index is 1300. The van der Waals surface area contributed by atoms with Gasteiger partial charge >= 0.3 is 0 Å². The van der Waals surface area contributed by atoms with Crippen LogP contribution in [0, 0.1) is 19.8 Å². The van der Waals surface area contributed by atoms with Gasteiger partial charge in [-0.15, -0.1) is 0 Å². The second-order valence-electron chi connectivity index (χ2n) is 9.57. The van der Waals surface area contributed by atoms with Crippen LogP contribution in [0.1, 0.15) is 29.9 Å². The van der Waals surface area contributed by atoms with Gasteiger partial charge in [-0.25, -0.2) is 8.42 Å². The molecular weight excluding hydrogens is 464 g/mol. The van der Waals surface area contributed by atoms with Crippen LogP contribution >= 0.6 is 0 Å². The van der Waals surface area contributed by atoms with E-state index in [9.17, 15) is 13.2 Å². The minimum absolute atomic E-state index is 0.129. The summed E-state index contributed by atoms with van der Waals surface area (Å²) in [6, 6.07) is 14.9. The number of aryl methyl sites for hydroxylation is 2. The number of piperazine rings is 1. The highest BCUT2D eigenvalue weighted by Crippen LogP contribution is 2.29. The van der Waals surface area contributed by atoms with E-state index >= 15 is 0 Å². The molecule has 2 aliphatic heterocycles. The molecule has 2 aliphatic rings. The zero-order valence-electron chi connectivity index (χ0n) is 20.3. The Morgan fingerprint density at radius 3 is 2.34 bits per heavy atom. The van der Waals surface area contributed by atoms with Crippen LogP contribution < -0.4 is 0 Å². The highest BCUT2D eigenvalue weighted by Gasteiger charge is 2.37. The number of aromatic nitrogens is 1. The molecule has 0 bridgehead atoms. The van der Waals surface area contributed by atoms with E-state index in [-0.39, 0.29) is 16.7 Å². The van der Waals surface area contributed by atoms with Crippen molar-refractivity contribution in [1.29, 1.82) is 0 Å². The molecule has 0 unspecified atom stereocenters. The lowest BCUT2D eigenvalue weighted by atomic mass is 9.96. The second-order valence-corrected chi connectivity index (χ2v) is 11.4. The van der Waals surface area contributed by atoms with Gasteiger partial charge in [-0.1, -0.05) is 47.6 Å². The van der Waals surface area contributed by atoms with Crippen LogP contribution in [0.2, 0.25) is 0 Å². The number of hydrogen-bond donors (Lipinski definition) is 0. The molecule has 0 atom stereocenters. The molecule has 0 N–H and O–H groups in total. The highest BCUT2D eigenvalue weighted by molar-refractivity contribution is 7.89. The van der Waals surface area contributed by atoms with Gasteiger partial charge in [-0.05, 0) is 43.0 Å². The van der Waals surface area contributed by atoms with Gasteiger partial charge in [0, 0.05) is 51.7 Å². The summed E-state index contributed by atoms with van der Waals surface area (Å²) in [5, 5.41) is 6.32. The van der Waals surface area contributed by atoms with Gasteiger partial charge in [0.05, 0.1) is 0 Å². The van der Waals surface area contributed by atoms with Gasteiger partial charge in [0.25, 0.3) is 0 Å². The van der Waals surface area contributed by atoms with Crippen molar-refractivity contribution in [2.24, 2.45) is 5.92 Å². The third-order valence-corrected chi connectivity index (χ3v) is 9.47. The first kappa shape index (κ1) is 24.0. The molecule has 1 amide bonds. The first-order valence-corrected chi connectivity index (χ1v) is 13.7. The summed E-state index contributed by atoms with van der Waals surface area (Å²) < 4.78 is 32.6. The van der Waals surface area contributed by atoms with Crippen molar-refractivity contribution in [3.63, 3.8) is 0 Å². The number of piperidine rings is 1. The first-order valence-electron chi connectivity index (χ1n) is 12.3. The van der Waals surface area contributed by atoms with Crippen molar-refractivity contribution in [2.45, 2.75) is 38.1 Å². The minimum atomic E-state index is -3.66. The van der Waals surface area contributed by atoms with E-state index in [1.165, 1.54) is 20.6 Å². The third-order valence-electron chi connectivity index (χ3n) is 7.33. The molecule has 1 aromatic heterocycles. The van der Waals surface area contributed by atoms with Crippen LogP contribution in [-0.4, -0.2) is 72.9 Å². The van der Waals surface area contributed by atoms with Crippen molar-refractivity contribution >= 4 is 26.7 Å². The molecule has 9 heteroatoms. The fourth-order valence-corrected chi connectivity index (χ4v) is 7.13. The lowest BCUT2D eigenvalue weighted by molar-refractivity contribution is -0.138. The maximum atomic E-state index is 13.2. The van der Waals surface area contributed by atoms with Crippen LogP contribution in [0.4, 0.5) is 0 Å². The van der Waals surface area contributed by atoms with Gasteiger partial charge in [-0.3, -0.25) is 9.69 Å². The summed E-state index contributed by atoms with van der Waals surface area (Å²) in [5.74, 6) is 0.335. The summed E-state index contributed by atoms with van der Waals surface area (Å²) >= 11 is 0. The van der Waals surface area contributed by atoms with Gasteiger partial charge < -0.3 is 9.42 Å². The van der Waals surface area contributed by atoms with E-state index in [1.807, 2.05) is 4.90 Å². The molecule has 35 heavy (non-hydrogen) atoms. The Balaban J connectivity index is 1.15. The molecule has 2 fully saturated rings. The number of carbonyl (C=O) groups excluding carboxylic acids is 1. The van der Waals surface area contributed by atoms with Gasteiger partial charge in [0.15, 0.2) is 5.76 Å². The predicted molar refractivity (Wildman–Crippen MR) is 133 cm³/mol. The fraction of sp³-hybridized carbons (Fsp3) is 0.462. The van der Waals surface area contributed by atoms with Crippen molar-refractivity contribution in [1.82, 2.24) is 19.3 Å². The first-order chi connectivity index (χ1) is 16.8. The lowest BCUT2D eigenvalue weighted by Crippen LogP contribution is -2.51. The number of amides is 1. The summed E-state index contributed by atoms with van der Waals surface area (Å²) in [6.45, 7) is 7.91. The molecule has 2 aromatic carbocycles. The normalized spacial score (nSPS) is 18.9. The number of carbonyl (C=O) groups is 1. The van der Waals surface area contributed by atoms with E-state index in [4.69, 9.17) is 4.52 Å². The maximum Gasteiger partial charge on any atom is 0.248 e. The zero-order valence-corrected chi connectivity index (χ0v) is 21.1. The van der Waals surface area contributed by atoms with Crippen molar-refractivity contribution in [3.8, 4) is 0 Å². The van der Waals surface area contributed by atoms with Crippen LogP contribution in [0.15, 0.2) is 51.9 Å². The SMILES string of the molecule is Cc1noc(C)c1S(=O)(=O)N1CCC(C(=O)N2CCN(Cc3cccc4ccccc34)CC2)CC1. The van der Waals surface area contributed by atoms with Gasteiger partial charge in [-0.2, -0.15) is 4.31 Å². The molecule has 186 valence electrons. The second kappa shape index (κ2) is 9.72. The number of nitrogens with zero attached hydrogens (tertiary/aromatic N) is 4. The van der Waals surface area contributed by atoms with Crippen molar-refractivity contribution in [3.05, 3.63) is 59.5 Å². The number of fused-ring (bicyclic) bond motifs is 1. The maximum absolute atomic E-state index is 13.2. The molecule has 2 saturated heterocycles. The third kappa shape index (κ3) is 4.72. The fourth-order valence-electron chi connectivity index (χ4n) is 5.37. The molecule has 8 nitrogen and oxygen atoms in total. The van der Waals surface area contributed by atoms with Crippen LogP contribution in [-0.2, 0) is 21.4 Å². The van der Waals surface area contributed by atoms with E-state index in [0.717, 1.165) is 19.6 Å². The molecule has 5 rings (SSSR count). The van der Waals surface area contributed by atoms with E-state index in [0.29, 0.717) is 50.5 Å². The van der Waals surface area contributed by atoms with Crippen LogP contribution in [0.5, 0.6) is 0 Å². The monoisotopic (exact) mass is 496 g/mol. The molecule has 3 aromatic rings. The largest absolute Gasteiger partial charge is 0.360 e. The van der Waals surface area contributed by atoms with Crippen LogP contribution in [0.25, 0.3) is 10.8 Å². The standard InChI is InChI=1S/C26H32N4O4S/c1-19-25(20(2)34-27-19)35(32,33)30-12-10-22(11-13-30)26(31)29-16-14-28(15-17-29)18-23-8-5-7-21-6-3-4-9-24(21)23/h3-9,22H,10-18H2,1-2H3. The molecule has 0 aliphatic carbocycles. The predicted octanol–water partition coefficient (Wildman–Crippen LogP) is 3.19. The number of hydrogen-bond acceptors (Lipinski definition) is 6. The van der Waals surface area contributed by atoms with Gasteiger partial charge in [0.2, 0.25) is 15.9 Å². The van der Waals surface area contributed by atoms with E-state index < -0.39 is 10.0 Å². The quantitative estimate of drug-likeness (QED) is 0.539. The van der Waals surface area contributed by atoms with E-state index in [1.54, 1.807) is 13.8 Å². The molecule has 3 heterocycles. The van der Waals surface area contributed by atoms with E-state index in [2.05, 4.69) is 52.5 Å². The van der Waals surface area contributed by atoms with Crippen molar-refractivity contribution < 1.29 is 17.7 Å². The Hall–Kier alpha value is -2.75. The van der Waals surface area contributed by atoms with Crippen LogP contribution in [0.3, 0.4) is 0 Å². The Kier molecular flexibility index (Phi) is 6.65. The summed E-state index contributed by atoms with van der Waals surface area (Å²) in [5.41, 5.74) is 1.69. The number of rotatable bonds is 5. The summed E-state index contributed by atoms with van der Waals surface area (Å²) in [6.07, 6.45) is 1.08. The highest BCUT2D eigenvalue weighted by atomic mass is 32.2. The minimum Gasteiger partial charge on any atom is -0.360 e. The number of benzene rings is 2. The average molecular weight is 497 g/mol. The zero-order chi connectivity index (χ0) is 24.6. The lowest BCUT2D eigenvalue weighted by Gasteiger charge is -2.38. The van der Waals surface area contributed by atoms with Gasteiger partial charge in [0.1, 0.15) is 10.6 Å². The Labute approximate surface area is 206 Å². The topological polar surface area (TPSA) is 87.0 Å². The molecular formula is C26H32N4O4S. The molecule has 0 radical (unpaired) electrons. The number of sulfonamides is 1. The molecule has 0 saturated carbocycles. The average Bonchev–Trinajstić information content (AvgIpc) is 3.23. The smallest absolute Gasteiger partial charge is 0.248 e. The summed E-state index contributed by atoms with van der Waals surface area (Å²) in [4.78, 5) is 17.7. The Morgan fingerprint density at radius 1 is 0.971 bits per heavy atom. The molecule has 0 spiro atoms. The van der Waals surface area contributed by atoms with Crippen molar-refractivity contribution in [2.75, 3.05) is 39.3 Å². The summed E-state index contributed by atoms with van der Waals surface area (Å²) in [7, 11) is -3.66. The Morgan fingerprint density at radius 2 is 1.66 bits per heavy atom.